The summed E-state index contributed by atoms with van der Waals surface area (Å²) in [5.41, 5.74) is 3.45. The van der Waals surface area contributed by atoms with Crippen molar-refractivity contribution in [2.24, 2.45) is 0 Å². The van der Waals surface area contributed by atoms with Crippen LogP contribution in [0, 0.1) is 0 Å². The van der Waals surface area contributed by atoms with Crippen molar-refractivity contribution in [3.8, 4) is 6.01 Å². The Kier molecular flexibility index (Phi) is 7.65. The van der Waals surface area contributed by atoms with Gasteiger partial charge >= 0.3 is 0 Å². The first kappa shape index (κ1) is 27.3. The summed E-state index contributed by atoms with van der Waals surface area (Å²) in [6.45, 7) is 2.29. The molecule has 2 aromatic carbocycles. The van der Waals surface area contributed by atoms with E-state index in [1.54, 1.807) is 0 Å². The molecule has 0 spiro atoms. The molecule has 2 atom stereocenters. The fourth-order valence-electron chi connectivity index (χ4n) is 5.80. The van der Waals surface area contributed by atoms with Gasteiger partial charge < -0.3 is 19.2 Å². The van der Waals surface area contributed by atoms with Gasteiger partial charge in [0.1, 0.15) is 17.2 Å². The fraction of sp³-hybridized carbons (Fsp3) is 0.379. The summed E-state index contributed by atoms with van der Waals surface area (Å²) < 4.78 is 42.6. The minimum atomic E-state index is -2.79. The Morgan fingerprint density at radius 3 is 2.61 bits per heavy atom. The molecule has 2 aliphatic rings. The highest BCUT2D eigenvalue weighted by atomic mass is 32.2. The smallest absolute Gasteiger partial charge is 0.297 e. The number of anilines is 1. The van der Waals surface area contributed by atoms with Crippen LogP contribution >= 0.6 is 11.8 Å². The number of alkyl halides is 2. The Hall–Kier alpha value is -3.93. The van der Waals surface area contributed by atoms with E-state index in [2.05, 4.69) is 27.5 Å². The minimum Gasteiger partial charge on any atom is -0.483 e. The number of imidazole rings is 1. The van der Waals surface area contributed by atoms with Gasteiger partial charge in [-0.1, -0.05) is 24.3 Å². The molecule has 0 bridgehead atoms. The van der Waals surface area contributed by atoms with E-state index in [0.717, 1.165) is 35.4 Å². The topological polar surface area (TPSA) is 107 Å². The van der Waals surface area contributed by atoms with Gasteiger partial charge in [0.25, 0.3) is 18.9 Å². The largest absolute Gasteiger partial charge is 0.483 e. The minimum absolute atomic E-state index is 0.000689. The lowest BCUT2D eigenvalue weighted by Crippen LogP contribution is -2.30. The van der Waals surface area contributed by atoms with Crippen LogP contribution in [0.3, 0.4) is 0 Å². The van der Waals surface area contributed by atoms with Gasteiger partial charge in [0, 0.05) is 23.9 Å². The highest BCUT2D eigenvalue weighted by Gasteiger charge is 2.36. The number of carboxylic acid groups (broad SMARTS) is 1. The van der Waals surface area contributed by atoms with Crippen molar-refractivity contribution in [2.45, 2.75) is 50.8 Å². The standard InChI is InChI=1S/C28H27F2N5O2S.CH2O2/c1-16-14-18(36-28-31-20-7-3-4-8-21(20)35(28)17-10-12-38-13-11-17)15-34(16)27-24-23(32-26(33-27)25(29)30)19-6-2-5-9-22(19)37-24;2-1-3/h2-9,16-18,25H,10-15H2,1H3;1H,(H,2,3)/t16-,18+;/m1./s1. The summed E-state index contributed by atoms with van der Waals surface area (Å²) in [4.78, 5) is 23.7. The van der Waals surface area contributed by atoms with E-state index in [1.807, 2.05) is 59.1 Å². The van der Waals surface area contributed by atoms with Gasteiger partial charge in [-0.2, -0.15) is 16.7 Å². The molecule has 2 aliphatic heterocycles. The normalized spacial score (nSPS) is 19.7. The molecule has 214 valence electrons. The van der Waals surface area contributed by atoms with Crippen molar-refractivity contribution in [1.29, 1.82) is 0 Å². The first-order valence-electron chi connectivity index (χ1n) is 13.5. The molecule has 9 nitrogen and oxygen atoms in total. The molecular formula is C29H29F2N5O4S. The van der Waals surface area contributed by atoms with E-state index in [-0.39, 0.29) is 18.6 Å². The summed E-state index contributed by atoms with van der Waals surface area (Å²) >= 11 is 1.99. The number of furan rings is 1. The number of hydrogen-bond donors (Lipinski definition) is 1. The van der Waals surface area contributed by atoms with Gasteiger partial charge in [0.2, 0.25) is 0 Å². The molecule has 0 aliphatic carbocycles. The zero-order valence-electron chi connectivity index (χ0n) is 22.3. The highest BCUT2D eigenvalue weighted by molar-refractivity contribution is 7.99. The van der Waals surface area contributed by atoms with Gasteiger partial charge in [-0.15, -0.1) is 0 Å². The van der Waals surface area contributed by atoms with Gasteiger partial charge in [0.15, 0.2) is 17.2 Å². The van der Waals surface area contributed by atoms with E-state index in [9.17, 15) is 8.78 Å². The molecule has 0 amide bonds. The van der Waals surface area contributed by atoms with Gasteiger partial charge in [-0.25, -0.2) is 18.7 Å². The van der Waals surface area contributed by atoms with E-state index < -0.39 is 12.2 Å². The number of ether oxygens (including phenoxy) is 1. The van der Waals surface area contributed by atoms with Crippen molar-refractivity contribution in [2.75, 3.05) is 23.0 Å². The summed E-state index contributed by atoms with van der Waals surface area (Å²) in [5, 5.41) is 7.59. The zero-order chi connectivity index (χ0) is 28.5. The summed E-state index contributed by atoms with van der Waals surface area (Å²) in [6, 6.07) is 16.5. The van der Waals surface area contributed by atoms with Crippen LogP contribution in [-0.2, 0) is 4.79 Å². The van der Waals surface area contributed by atoms with Crippen molar-refractivity contribution in [3.05, 3.63) is 54.4 Å². The number of thioether (sulfide) groups is 1. The van der Waals surface area contributed by atoms with Gasteiger partial charge in [-0.05, 0) is 55.5 Å². The maximum atomic E-state index is 13.8. The van der Waals surface area contributed by atoms with Gasteiger partial charge in [-0.3, -0.25) is 9.36 Å². The monoisotopic (exact) mass is 581 g/mol. The van der Waals surface area contributed by atoms with E-state index >= 15 is 0 Å². The van der Waals surface area contributed by atoms with E-state index in [4.69, 9.17) is 24.0 Å². The number of para-hydroxylation sites is 3. The molecule has 2 fully saturated rings. The first-order chi connectivity index (χ1) is 20.0. The molecule has 0 saturated carbocycles. The average Bonchev–Trinajstić information content (AvgIpc) is 3.65. The Balaban J connectivity index is 0.000000967. The Labute approximate surface area is 238 Å². The van der Waals surface area contributed by atoms with Crippen LogP contribution in [0.1, 0.15) is 44.5 Å². The molecule has 5 aromatic rings. The second-order valence-corrected chi connectivity index (χ2v) is 11.4. The second-order valence-electron chi connectivity index (χ2n) is 10.2. The predicted octanol–water partition coefficient (Wildman–Crippen LogP) is 6.48. The number of halogens is 2. The molecule has 12 heteroatoms. The second kappa shape index (κ2) is 11.5. The van der Waals surface area contributed by atoms with E-state index in [1.165, 1.54) is 0 Å². The molecule has 5 heterocycles. The van der Waals surface area contributed by atoms with Crippen LogP contribution in [0.2, 0.25) is 0 Å². The molecule has 41 heavy (non-hydrogen) atoms. The number of carbonyl (C=O) groups is 1. The fourth-order valence-corrected chi connectivity index (χ4v) is 6.88. The van der Waals surface area contributed by atoms with E-state index in [0.29, 0.717) is 52.9 Å². The molecular weight excluding hydrogens is 552 g/mol. The van der Waals surface area contributed by atoms with Crippen LogP contribution in [0.5, 0.6) is 6.01 Å². The number of nitrogens with zero attached hydrogens (tertiary/aromatic N) is 5. The first-order valence-corrected chi connectivity index (χ1v) is 14.7. The third-order valence-corrected chi connectivity index (χ3v) is 8.66. The molecule has 3 aromatic heterocycles. The number of hydrogen-bond acceptors (Lipinski definition) is 8. The molecule has 7 rings (SSSR count). The molecule has 0 radical (unpaired) electrons. The van der Waals surface area contributed by atoms with Crippen LogP contribution in [0.4, 0.5) is 14.6 Å². The van der Waals surface area contributed by atoms with Crippen LogP contribution in [0.15, 0.2) is 52.9 Å². The lowest BCUT2D eigenvalue weighted by Gasteiger charge is -2.26. The number of benzene rings is 2. The average molecular weight is 582 g/mol. The predicted molar refractivity (Wildman–Crippen MR) is 154 cm³/mol. The summed E-state index contributed by atoms with van der Waals surface area (Å²) in [6.07, 6.45) is -0.0982. The molecule has 1 N–H and O–H groups in total. The quantitative estimate of drug-likeness (QED) is 0.234. The van der Waals surface area contributed by atoms with Crippen LogP contribution in [0.25, 0.3) is 33.1 Å². The molecule has 0 unspecified atom stereocenters. The highest BCUT2D eigenvalue weighted by Crippen LogP contribution is 2.39. The Morgan fingerprint density at radius 1 is 1.10 bits per heavy atom. The van der Waals surface area contributed by atoms with Crippen LogP contribution < -0.4 is 9.64 Å². The lowest BCUT2D eigenvalue weighted by atomic mass is 10.1. The molecule has 2 saturated heterocycles. The number of rotatable bonds is 5. The van der Waals surface area contributed by atoms with Crippen molar-refractivity contribution in [3.63, 3.8) is 0 Å². The third kappa shape index (κ3) is 5.16. The SMILES string of the molecule is C[C@@H]1C[C@H](Oc2nc3ccccc3n2C2CCSCC2)CN1c1nc(C(F)F)nc2c1oc1ccccc12.O=CO. The Morgan fingerprint density at radius 2 is 1.83 bits per heavy atom. The van der Waals surface area contributed by atoms with Crippen molar-refractivity contribution >= 4 is 57.2 Å². The van der Waals surface area contributed by atoms with Crippen LogP contribution in [-0.4, -0.2) is 61.3 Å². The lowest BCUT2D eigenvalue weighted by molar-refractivity contribution is -0.122. The number of aromatic nitrogens is 4. The van der Waals surface area contributed by atoms with Gasteiger partial charge in [0.05, 0.1) is 17.6 Å². The van der Waals surface area contributed by atoms with Crippen molar-refractivity contribution in [1.82, 2.24) is 19.5 Å². The zero-order valence-corrected chi connectivity index (χ0v) is 23.1. The maximum Gasteiger partial charge on any atom is 0.297 e. The summed E-state index contributed by atoms with van der Waals surface area (Å²) in [5.74, 6) is 2.14. The third-order valence-electron chi connectivity index (χ3n) is 7.61. The summed E-state index contributed by atoms with van der Waals surface area (Å²) in [7, 11) is 0. The Bertz CT molecular complexity index is 1690. The number of fused-ring (bicyclic) bond motifs is 4. The maximum absolute atomic E-state index is 13.8. The van der Waals surface area contributed by atoms with Crippen molar-refractivity contribution < 1.29 is 27.8 Å².